The van der Waals surface area contributed by atoms with Crippen molar-refractivity contribution in [1.29, 1.82) is 0 Å². The molecule has 2 aliphatic rings. The number of imide groups is 1. The molecule has 0 radical (unpaired) electrons. The summed E-state index contributed by atoms with van der Waals surface area (Å²) in [6.07, 6.45) is 0. The maximum absolute atomic E-state index is 13.6. The summed E-state index contributed by atoms with van der Waals surface area (Å²) < 4.78 is 5.17. The molecular weight excluding hydrogens is 495 g/mol. The van der Waals surface area contributed by atoms with Gasteiger partial charge in [0.1, 0.15) is 17.7 Å². The zero-order chi connectivity index (χ0) is 24.9. The molecule has 1 fully saturated rings. The molecule has 9 nitrogen and oxygen atoms in total. The molecule has 0 spiro atoms. The summed E-state index contributed by atoms with van der Waals surface area (Å²) in [6, 6.07) is 16.0. The van der Waals surface area contributed by atoms with Crippen LogP contribution in [-0.2, 0) is 9.59 Å². The highest BCUT2D eigenvalue weighted by Gasteiger charge is 2.57. The number of carbonyl (C=O) groups is 2. The van der Waals surface area contributed by atoms with E-state index in [-0.39, 0.29) is 10.7 Å². The number of ether oxygens (including phenoxy) is 1. The van der Waals surface area contributed by atoms with E-state index in [2.05, 4.69) is 5.10 Å². The van der Waals surface area contributed by atoms with Crippen molar-refractivity contribution in [3.8, 4) is 5.75 Å². The molecule has 0 aliphatic carbocycles. The zero-order valence-electron chi connectivity index (χ0n) is 18.1. The Balaban J connectivity index is 1.62. The highest BCUT2D eigenvalue weighted by molar-refractivity contribution is 6.40. The highest BCUT2D eigenvalue weighted by atomic mass is 35.5. The Labute approximate surface area is 209 Å². The molecular formula is C24H16Cl2N4O5. The van der Waals surface area contributed by atoms with Gasteiger partial charge in [-0.15, -0.1) is 0 Å². The van der Waals surface area contributed by atoms with E-state index >= 15 is 0 Å². The van der Waals surface area contributed by atoms with E-state index in [1.165, 1.54) is 42.5 Å². The number of anilines is 2. The van der Waals surface area contributed by atoms with Gasteiger partial charge in [-0.3, -0.25) is 24.7 Å². The topological polar surface area (TPSA) is 105 Å². The first-order chi connectivity index (χ1) is 16.8. The maximum atomic E-state index is 13.6. The van der Waals surface area contributed by atoms with Crippen molar-refractivity contribution in [2.75, 3.05) is 17.0 Å². The number of benzene rings is 3. The fraction of sp³-hybridized carbons (Fsp3) is 0.125. The van der Waals surface area contributed by atoms with Gasteiger partial charge in [0.05, 0.1) is 34.1 Å². The van der Waals surface area contributed by atoms with E-state index in [1.807, 2.05) is 0 Å². The van der Waals surface area contributed by atoms with Crippen LogP contribution < -0.4 is 14.6 Å². The number of halogens is 2. The standard InChI is InChI=1S/C24H16Cl2N4O5/c1-35-17-9-7-14(8-10-17)28-23(31)20-21(18-11-2-13(25)12-19(18)26)27-29(22(20)24(28)32)15-3-5-16(6-4-15)30(33)34/h2-12,20,22H,1H3/t20-,22+/m1/s1. The van der Waals surface area contributed by atoms with E-state index in [0.29, 0.717) is 33.4 Å². The largest absolute Gasteiger partial charge is 0.497 e. The van der Waals surface area contributed by atoms with E-state index in [4.69, 9.17) is 27.9 Å². The molecule has 0 aromatic heterocycles. The summed E-state index contributed by atoms with van der Waals surface area (Å²) in [5.41, 5.74) is 1.48. The average molecular weight is 511 g/mol. The van der Waals surface area contributed by atoms with Gasteiger partial charge in [-0.1, -0.05) is 29.3 Å². The average Bonchev–Trinajstić information content (AvgIpc) is 3.36. The van der Waals surface area contributed by atoms with Crippen LogP contribution in [0.4, 0.5) is 17.1 Å². The summed E-state index contributed by atoms with van der Waals surface area (Å²) in [5, 5.41) is 17.8. The molecule has 2 heterocycles. The highest BCUT2D eigenvalue weighted by Crippen LogP contribution is 2.41. The number of non-ortho nitro benzene ring substituents is 1. The van der Waals surface area contributed by atoms with Gasteiger partial charge in [-0.25, -0.2) is 4.90 Å². The van der Waals surface area contributed by atoms with Crippen LogP contribution in [0.25, 0.3) is 0 Å². The van der Waals surface area contributed by atoms with Crippen LogP contribution >= 0.6 is 23.2 Å². The predicted molar refractivity (Wildman–Crippen MR) is 131 cm³/mol. The van der Waals surface area contributed by atoms with Gasteiger partial charge in [-0.05, 0) is 48.5 Å². The van der Waals surface area contributed by atoms with Crippen LogP contribution in [0, 0.1) is 16.0 Å². The first-order valence-electron chi connectivity index (χ1n) is 10.4. The quantitative estimate of drug-likeness (QED) is 0.280. The van der Waals surface area contributed by atoms with Crippen LogP contribution in [0.1, 0.15) is 5.56 Å². The van der Waals surface area contributed by atoms with Gasteiger partial charge in [0, 0.05) is 22.7 Å². The van der Waals surface area contributed by atoms with Crippen LogP contribution in [0.15, 0.2) is 71.8 Å². The number of methoxy groups -OCH3 is 1. The summed E-state index contributed by atoms with van der Waals surface area (Å²) >= 11 is 12.5. The Bertz CT molecular complexity index is 1390. The summed E-state index contributed by atoms with van der Waals surface area (Å²) in [6.45, 7) is 0. The molecule has 176 valence electrons. The van der Waals surface area contributed by atoms with E-state index < -0.39 is 28.7 Å². The van der Waals surface area contributed by atoms with Gasteiger partial charge < -0.3 is 4.74 Å². The smallest absolute Gasteiger partial charge is 0.269 e. The second kappa shape index (κ2) is 8.68. The van der Waals surface area contributed by atoms with Gasteiger partial charge in [0.15, 0.2) is 0 Å². The third kappa shape index (κ3) is 3.78. The molecule has 3 aromatic carbocycles. The van der Waals surface area contributed by atoms with Crippen LogP contribution in [0.3, 0.4) is 0 Å². The van der Waals surface area contributed by atoms with Crippen molar-refractivity contribution in [2.45, 2.75) is 6.04 Å². The second-order valence-electron chi connectivity index (χ2n) is 7.86. The molecule has 3 aromatic rings. The van der Waals surface area contributed by atoms with Gasteiger partial charge in [0.2, 0.25) is 5.91 Å². The van der Waals surface area contributed by atoms with Gasteiger partial charge in [0.25, 0.3) is 11.6 Å². The number of fused-ring (bicyclic) bond motifs is 1. The van der Waals surface area contributed by atoms with E-state index in [1.54, 1.807) is 36.4 Å². The van der Waals surface area contributed by atoms with Crippen molar-refractivity contribution in [3.63, 3.8) is 0 Å². The molecule has 2 aliphatic heterocycles. The fourth-order valence-corrected chi connectivity index (χ4v) is 4.77. The number of carbonyl (C=O) groups excluding carboxylic acids is 2. The van der Waals surface area contributed by atoms with Crippen LogP contribution in [0.5, 0.6) is 5.75 Å². The summed E-state index contributed by atoms with van der Waals surface area (Å²) in [4.78, 5) is 38.9. The van der Waals surface area contributed by atoms with Crippen molar-refractivity contribution in [1.82, 2.24) is 0 Å². The van der Waals surface area contributed by atoms with Crippen LogP contribution in [0.2, 0.25) is 10.0 Å². The Morgan fingerprint density at radius 2 is 1.60 bits per heavy atom. The molecule has 0 N–H and O–H groups in total. The molecule has 0 bridgehead atoms. The molecule has 2 atom stereocenters. The van der Waals surface area contributed by atoms with Gasteiger partial charge in [-0.2, -0.15) is 5.10 Å². The molecule has 0 saturated carbocycles. The van der Waals surface area contributed by atoms with Gasteiger partial charge >= 0.3 is 0 Å². The minimum Gasteiger partial charge on any atom is -0.497 e. The first-order valence-corrected chi connectivity index (χ1v) is 11.1. The van der Waals surface area contributed by atoms with Crippen molar-refractivity contribution in [3.05, 3.63) is 92.5 Å². The number of amides is 2. The zero-order valence-corrected chi connectivity index (χ0v) is 19.6. The maximum Gasteiger partial charge on any atom is 0.269 e. The van der Waals surface area contributed by atoms with Crippen molar-refractivity contribution >= 4 is 57.8 Å². The van der Waals surface area contributed by atoms with Crippen LogP contribution in [-0.4, -0.2) is 35.6 Å². The number of rotatable bonds is 5. The van der Waals surface area contributed by atoms with E-state index in [0.717, 1.165) is 4.90 Å². The monoisotopic (exact) mass is 510 g/mol. The summed E-state index contributed by atoms with van der Waals surface area (Å²) in [5.74, 6) is -1.30. The normalized spacial score (nSPS) is 19.1. The lowest BCUT2D eigenvalue weighted by Gasteiger charge is -2.22. The Kier molecular flexibility index (Phi) is 5.66. The van der Waals surface area contributed by atoms with E-state index in [9.17, 15) is 19.7 Å². The number of nitro groups is 1. The third-order valence-corrected chi connectivity index (χ3v) is 6.46. The Morgan fingerprint density at radius 3 is 2.20 bits per heavy atom. The Morgan fingerprint density at radius 1 is 0.943 bits per heavy atom. The number of nitro benzene ring substituents is 1. The molecule has 2 amide bonds. The molecule has 11 heteroatoms. The number of hydrogen-bond acceptors (Lipinski definition) is 7. The first kappa shape index (κ1) is 22.8. The lowest BCUT2D eigenvalue weighted by atomic mass is 9.92. The van der Waals surface area contributed by atoms with Crippen molar-refractivity contribution < 1.29 is 19.2 Å². The minimum atomic E-state index is -0.993. The molecule has 0 unspecified atom stereocenters. The fourth-order valence-electron chi connectivity index (χ4n) is 4.26. The van der Waals surface area contributed by atoms with Crippen molar-refractivity contribution in [2.24, 2.45) is 11.0 Å². The molecule has 5 rings (SSSR count). The molecule has 35 heavy (non-hydrogen) atoms. The lowest BCUT2D eigenvalue weighted by Crippen LogP contribution is -2.39. The number of hydrogen-bond donors (Lipinski definition) is 0. The second-order valence-corrected chi connectivity index (χ2v) is 8.70. The predicted octanol–water partition coefficient (Wildman–Crippen LogP) is 4.69. The SMILES string of the molecule is COc1ccc(N2C(=O)[C@@H]3C(c4ccc(Cl)cc4Cl)=NN(c4ccc([N+](=O)[O-])cc4)[C@@H]3C2=O)cc1. The lowest BCUT2D eigenvalue weighted by molar-refractivity contribution is -0.384. The minimum absolute atomic E-state index is 0.108. The molecule has 1 saturated heterocycles. The Hall–Kier alpha value is -3.95. The third-order valence-electron chi connectivity index (χ3n) is 5.91. The summed E-state index contributed by atoms with van der Waals surface area (Å²) in [7, 11) is 1.52. The number of nitrogens with zero attached hydrogens (tertiary/aromatic N) is 4. The number of hydrazone groups is 1.